The molecule has 164 valence electrons. The predicted molar refractivity (Wildman–Crippen MR) is 121 cm³/mol. The maximum Gasteiger partial charge on any atom is 0.255 e. The molecular weight excluding hydrogens is 404 g/mol. The van der Waals surface area contributed by atoms with Crippen LogP contribution in [0.5, 0.6) is 0 Å². The third-order valence-electron chi connectivity index (χ3n) is 6.90. The quantitative estimate of drug-likeness (QED) is 0.666. The van der Waals surface area contributed by atoms with Gasteiger partial charge < -0.3 is 20.5 Å². The zero-order valence-corrected chi connectivity index (χ0v) is 18.0. The largest absolute Gasteiger partial charge is 0.369 e. The molecule has 1 fully saturated rings. The lowest BCUT2D eigenvalue weighted by atomic mass is 9.95. The van der Waals surface area contributed by atoms with Gasteiger partial charge in [-0.25, -0.2) is 0 Å². The van der Waals surface area contributed by atoms with E-state index in [1.54, 1.807) is 16.7 Å². The molecule has 3 aromatic rings. The fourth-order valence-corrected chi connectivity index (χ4v) is 5.14. The summed E-state index contributed by atoms with van der Waals surface area (Å²) in [6.45, 7) is 2.75. The Hall–Kier alpha value is -3.61. The Kier molecular flexibility index (Phi) is 4.96. The van der Waals surface area contributed by atoms with Crippen molar-refractivity contribution in [1.82, 2.24) is 14.8 Å². The van der Waals surface area contributed by atoms with Crippen molar-refractivity contribution in [3.05, 3.63) is 71.4 Å². The first-order valence-corrected chi connectivity index (χ1v) is 11.0. The number of carbonyl (C=O) groups is 3. The second-order valence-electron chi connectivity index (χ2n) is 8.67. The molecule has 2 aliphatic heterocycles. The number of aromatic nitrogens is 1. The summed E-state index contributed by atoms with van der Waals surface area (Å²) in [6.07, 6.45) is 3.06. The maximum atomic E-state index is 13.5. The van der Waals surface area contributed by atoms with Crippen LogP contribution in [0.25, 0.3) is 10.9 Å². The highest BCUT2D eigenvalue weighted by Gasteiger charge is 2.44. The SMILES string of the molecule is CC(C(=O)N1CCC(C(N)=O)CC1)N1C(=O)c2ccccc2C1c1c[nH]c2ccccc12. The number of rotatable bonds is 4. The second kappa shape index (κ2) is 7.82. The Morgan fingerprint density at radius 3 is 2.47 bits per heavy atom. The van der Waals surface area contributed by atoms with E-state index in [1.807, 2.05) is 54.7 Å². The molecule has 3 heterocycles. The van der Waals surface area contributed by atoms with Crippen LogP contribution >= 0.6 is 0 Å². The van der Waals surface area contributed by atoms with Crippen LogP contribution in [0.15, 0.2) is 54.7 Å². The van der Waals surface area contributed by atoms with Gasteiger partial charge in [0.1, 0.15) is 6.04 Å². The third kappa shape index (κ3) is 3.16. The highest BCUT2D eigenvalue weighted by atomic mass is 16.2. The zero-order valence-electron chi connectivity index (χ0n) is 18.0. The van der Waals surface area contributed by atoms with Crippen LogP contribution in [-0.2, 0) is 9.59 Å². The number of nitrogens with one attached hydrogen (secondary N) is 1. The van der Waals surface area contributed by atoms with E-state index in [2.05, 4.69) is 4.98 Å². The molecule has 0 saturated carbocycles. The first-order valence-electron chi connectivity index (χ1n) is 11.0. The Labute approximate surface area is 186 Å². The topological polar surface area (TPSA) is 99.5 Å². The number of amides is 3. The van der Waals surface area contributed by atoms with Crippen LogP contribution in [0, 0.1) is 5.92 Å². The van der Waals surface area contributed by atoms with Crippen molar-refractivity contribution in [1.29, 1.82) is 0 Å². The molecule has 2 atom stereocenters. The standard InChI is InChI=1S/C25H26N4O3/c1-15(24(31)28-12-10-16(11-13-28)23(26)30)29-22(18-7-2-3-8-19(18)25(29)32)20-14-27-21-9-5-4-6-17(20)21/h2-9,14-16,22,27H,10-13H2,1H3,(H2,26,30). The Balaban J connectivity index is 1.50. The number of likely N-dealkylation sites (tertiary alicyclic amines) is 1. The second-order valence-corrected chi connectivity index (χ2v) is 8.67. The summed E-state index contributed by atoms with van der Waals surface area (Å²) in [4.78, 5) is 45.2. The number of carbonyl (C=O) groups excluding carboxylic acids is 3. The maximum absolute atomic E-state index is 13.5. The monoisotopic (exact) mass is 430 g/mol. The molecule has 7 nitrogen and oxygen atoms in total. The summed E-state index contributed by atoms with van der Waals surface area (Å²) in [5.74, 6) is -0.733. The molecule has 2 aromatic carbocycles. The van der Waals surface area contributed by atoms with Crippen molar-refractivity contribution in [3.63, 3.8) is 0 Å². The minimum absolute atomic E-state index is 0.0982. The number of H-pyrrole nitrogens is 1. The van der Waals surface area contributed by atoms with E-state index >= 15 is 0 Å². The smallest absolute Gasteiger partial charge is 0.255 e. The average molecular weight is 431 g/mol. The lowest BCUT2D eigenvalue weighted by Gasteiger charge is -2.37. The number of piperidine rings is 1. The average Bonchev–Trinajstić information content (AvgIpc) is 3.37. The van der Waals surface area contributed by atoms with E-state index in [4.69, 9.17) is 5.73 Å². The van der Waals surface area contributed by atoms with Gasteiger partial charge in [-0.1, -0.05) is 36.4 Å². The number of nitrogens with two attached hydrogens (primary N) is 1. The van der Waals surface area contributed by atoms with E-state index < -0.39 is 6.04 Å². The first-order chi connectivity index (χ1) is 15.5. The van der Waals surface area contributed by atoms with Crippen LogP contribution in [0.3, 0.4) is 0 Å². The highest BCUT2D eigenvalue weighted by Crippen LogP contribution is 2.42. The summed E-state index contributed by atoms with van der Waals surface area (Å²) >= 11 is 0. The van der Waals surface area contributed by atoms with Gasteiger partial charge in [0.05, 0.1) is 6.04 Å². The molecule has 2 unspecified atom stereocenters. The van der Waals surface area contributed by atoms with Crippen molar-refractivity contribution in [3.8, 4) is 0 Å². The van der Waals surface area contributed by atoms with Crippen LogP contribution < -0.4 is 5.73 Å². The molecule has 1 aromatic heterocycles. The molecule has 0 radical (unpaired) electrons. The number of fused-ring (bicyclic) bond motifs is 2. The summed E-state index contributed by atoms with van der Waals surface area (Å²) in [5.41, 5.74) is 8.95. The molecule has 0 aliphatic carbocycles. The van der Waals surface area contributed by atoms with Crippen molar-refractivity contribution >= 4 is 28.6 Å². The Bertz CT molecular complexity index is 1210. The van der Waals surface area contributed by atoms with E-state index in [-0.39, 0.29) is 29.7 Å². The Morgan fingerprint density at radius 1 is 1.03 bits per heavy atom. The number of aromatic amines is 1. The van der Waals surface area contributed by atoms with Gasteiger partial charge in [-0.2, -0.15) is 0 Å². The van der Waals surface area contributed by atoms with Gasteiger partial charge in [0.2, 0.25) is 11.8 Å². The summed E-state index contributed by atoms with van der Waals surface area (Å²) < 4.78 is 0. The van der Waals surface area contributed by atoms with Gasteiger partial charge in [0.25, 0.3) is 5.91 Å². The molecule has 32 heavy (non-hydrogen) atoms. The van der Waals surface area contributed by atoms with E-state index in [0.717, 1.165) is 22.0 Å². The lowest BCUT2D eigenvalue weighted by molar-refractivity contribution is -0.139. The lowest BCUT2D eigenvalue weighted by Crippen LogP contribution is -2.51. The van der Waals surface area contributed by atoms with Crippen molar-refractivity contribution < 1.29 is 14.4 Å². The van der Waals surface area contributed by atoms with Crippen LogP contribution in [0.4, 0.5) is 0 Å². The Morgan fingerprint density at radius 2 is 1.72 bits per heavy atom. The molecule has 5 rings (SSSR count). The normalized spacial score (nSPS) is 19.9. The van der Waals surface area contributed by atoms with Gasteiger partial charge >= 0.3 is 0 Å². The van der Waals surface area contributed by atoms with Crippen LogP contribution in [0.1, 0.15) is 47.3 Å². The molecule has 1 saturated heterocycles. The third-order valence-corrected chi connectivity index (χ3v) is 6.90. The molecule has 7 heteroatoms. The number of para-hydroxylation sites is 1. The van der Waals surface area contributed by atoms with Gasteiger partial charge in [-0.15, -0.1) is 0 Å². The van der Waals surface area contributed by atoms with Gasteiger partial charge in [-0.05, 0) is 37.5 Å². The first kappa shape index (κ1) is 20.3. The van der Waals surface area contributed by atoms with Crippen molar-refractivity contribution in [2.45, 2.75) is 31.8 Å². The van der Waals surface area contributed by atoms with E-state index in [1.165, 1.54) is 0 Å². The molecule has 3 N–H and O–H groups in total. The van der Waals surface area contributed by atoms with Gasteiger partial charge in [-0.3, -0.25) is 14.4 Å². The number of benzene rings is 2. The number of nitrogens with zero attached hydrogens (tertiary/aromatic N) is 2. The minimum atomic E-state index is -0.640. The molecule has 2 aliphatic rings. The highest BCUT2D eigenvalue weighted by molar-refractivity contribution is 6.03. The summed E-state index contributed by atoms with van der Waals surface area (Å²) in [5, 5.41) is 1.04. The van der Waals surface area contributed by atoms with Crippen LogP contribution in [0.2, 0.25) is 0 Å². The summed E-state index contributed by atoms with van der Waals surface area (Å²) in [7, 11) is 0. The van der Waals surface area contributed by atoms with Gasteiger partial charge in [0, 0.05) is 47.2 Å². The molecular formula is C25H26N4O3. The van der Waals surface area contributed by atoms with Crippen LogP contribution in [-0.4, -0.2) is 51.6 Å². The molecule has 0 spiro atoms. The number of hydrogen-bond donors (Lipinski definition) is 2. The van der Waals surface area contributed by atoms with Gasteiger partial charge in [0.15, 0.2) is 0 Å². The van der Waals surface area contributed by atoms with Crippen molar-refractivity contribution in [2.75, 3.05) is 13.1 Å². The van der Waals surface area contributed by atoms with Crippen molar-refractivity contribution in [2.24, 2.45) is 11.7 Å². The van der Waals surface area contributed by atoms with E-state index in [0.29, 0.717) is 31.5 Å². The summed E-state index contributed by atoms with van der Waals surface area (Å²) in [6, 6.07) is 14.6. The minimum Gasteiger partial charge on any atom is -0.369 e. The van der Waals surface area contributed by atoms with E-state index in [9.17, 15) is 14.4 Å². The number of primary amides is 1. The molecule has 0 bridgehead atoms. The number of hydrogen-bond acceptors (Lipinski definition) is 3. The fraction of sp³-hybridized carbons (Fsp3) is 0.320. The zero-order chi connectivity index (χ0) is 22.4. The molecule has 3 amide bonds. The predicted octanol–water partition coefficient (Wildman–Crippen LogP) is 2.83. The fourth-order valence-electron chi connectivity index (χ4n) is 5.14.